The van der Waals surface area contributed by atoms with Crippen molar-refractivity contribution < 1.29 is 9.18 Å². The Morgan fingerprint density at radius 1 is 1.32 bits per heavy atom. The van der Waals surface area contributed by atoms with Crippen LogP contribution < -0.4 is 10.6 Å². The van der Waals surface area contributed by atoms with Crippen LogP contribution in [0.15, 0.2) is 18.2 Å². The predicted octanol–water partition coefficient (Wildman–Crippen LogP) is 2.80. The molecule has 0 unspecified atom stereocenters. The summed E-state index contributed by atoms with van der Waals surface area (Å²) in [5.74, 6) is 1.38. The first-order chi connectivity index (χ1) is 12.1. The molecule has 0 spiro atoms. The lowest BCUT2D eigenvalue weighted by Crippen LogP contribution is -2.41. The van der Waals surface area contributed by atoms with Crippen molar-refractivity contribution in [1.82, 2.24) is 25.4 Å². The number of nitrogens with one attached hydrogen (secondary N) is 2. The molecule has 6 nitrogen and oxygen atoms in total. The SMILES string of the molecule is CCc1nc2n(n1)CCC[C@H]2NC(=O)N[C@H]1CCc2ccc(F)cc21. The standard InChI is InChI=1S/C18H22FN5O/c1-2-16-22-17-15(4-3-9-24(17)23-16)21-18(25)20-14-8-6-11-5-7-12(19)10-13(11)14/h5,7,10,14-15H,2-4,6,8-9H2,1H3,(H2,20,21,25)/t14-,15+/m0/s1. The normalized spacial score (nSPS) is 21.5. The lowest BCUT2D eigenvalue weighted by Gasteiger charge is -2.24. The Balaban J connectivity index is 1.44. The van der Waals surface area contributed by atoms with Crippen LogP contribution in [0.3, 0.4) is 0 Å². The van der Waals surface area contributed by atoms with Gasteiger partial charge in [-0.15, -0.1) is 0 Å². The van der Waals surface area contributed by atoms with Crippen LogP contribution in [0.5, 0.6) is 0 Å². The van der Waals surface area contributed by atoms with Crippen molar-refractivity contribution in [2.24, 2.45) is 0 Å². The van der Waals surface area contributed by atoms with Gasteiger partial charge in [0.1, 0.15) is 11.6 Å². The quantitative estimate of drug-likeness (QED) is 0.900. The summed E-state index contributed by atoms with van der Waals surface area (Å²) < 4.78 is 15.4. The second-order valence-electron chi connectivity index (χ2n) is 6.71. The fraction of sp³-hybridized carbons (Fsp3) is 0.500. The first-order valence-electron chi connectivity index (χ1n) is 8.93. The molecule has 0 bridgehead atoms. The second kappa shape index (κ2) is 6.46. The number of nitrogens with zero attached hydrogens (tertiary/aromatic N) is 3. The molecule has 2 aromatic rings. The molecule has 1 aromatic carbocycles. The Morgan fingerprint density at radius 2 is 2.16 bits per heavy atom. The van der Waals surface area contributed by atoms with Gasteiger partial charge in [0, 0.05) is 13.0 Å². The number of fused-ring (bicyclic) bond motifs is 2. The van der Waals surface area contributed by atoms with Crippen LogP contribution in [0.4, 0.5) is 9.18 Å². The number of carbonyl (C=O) groups is 1. The predicted molar refractivity (Wildman–Crippen MR) is 90.5 cm³/mol. The highest BCUT2D eigenvalue weighted by atomic mass is 19.1. The van der Waals surface area contributed by atoms with Crippen LogP contribution >= 0.6 is 0 Å². The average molecular weight is 343 g/mol. The van der Waals surface area contributed by atoms with Crippen molar-refractivity contribution in [2.45, 2.75) is 57.7 Å². The first kappa shape index (κ1) is 16.1. The van der Waals surface area contributed by atoms with Crippen LogP contribution in [0.25, 0.3) is 0 Å². The molecule has 2 amide bonds. The number of benzene rings is 1. The van der Waals surface area contributed by atoms with Gasteiger partial charge < -0.3 is 10.6 Å². The van der Waals surface area contributed by atoms with E-state index in [4.69, 9.17) is 0 Å². The van der Waals surface area contributed by atoms with Gasteiger partial charge in [0.25, 0.3) is 0 Å². The lowest BCUT2D eigenvalue weighted by molar-refractivity contribution is 0.229. The molecule has 132 valence electrons. The molecule has 2 N–H and O–H groups in total. The fourth-order valence-electron chi connectivity index (χ4n) is 3.77. The zero-order valence-electron chi connectivity index (χ0n) is 14.3. The van der Waals surface area contributed by atoms with E-state index in [0.29, 0.717) is 0 Å². The third-order valence-electron chi connectivity index (χ3n) is 5.03. The Hall–Kier alpha value is -2.44. The molecule has 2 aliphatic rings. The van der Waals surface area contributed by atoms with Gasteiger partial charge in [-0.1, -0.05) is 13.0 Å². The number of amides is 2. The number of hydrogen-bond donors (Lipinski definition) is 2. The monoisotopic (exact) mass is 343 g/mol. The molecule has 0 radical (unpaired) electrons. The molecule has 2 heterocycles. The maximum Gasteiger partial charge on any atom is 0.315 e. The molecule has 1 aromatic heterocycles. The molecular formula is C18H22FN5O. The summed E-state index contributed by atoms with van der Waals surface area (Å²) in [6, 6.07) is 4.30. The number of rotatable bonds is 3. The van der Waals surface area contributed by atoms with Crippen molar-refractivity contribution in [3.05, 3.63) is 46.8 Å². The Kier molecular flexibility index (Phi) is 4.15. The molecule has 0 saturated carbocycles. The maximum absolute atomic E-state index is 13.5. The van der Waals surface area contributed by atoms with Gasteiger partial charge in [-0.3, -0.25) is 0 Å². The number of carbonyl (C=O) groups excluding carboxylic acids is 1. The van der Waals surface area contributed by atoms with Crippen molar-refractivity contribution in [3.63, 3.8) is 0 Å². The topological polar surface area (TPSA) is 71.8 Å². The summed E-state index contributed by atoms with van der Waals surface area (Å²) >= 11 is 0. The molecule has 4 rings (SSSR count). The zero-order chi connectivity index (χ0) is 17.4. The molecule has 1 aliphatic heterocycles. The molecule has 0 saturated heterocycles. The summed E-state index contributed by atoms with van der Waals surface area (Å²) in [5.41, 5.74) is 1.99. The summed E-state index contributed by atoms with van der Waals surface area (Å²) in [7, 11) is 0. The Bertz CT molecular complexity index is 803. The summed E-state index contributed by atoms with van der Waals surface area (Å²) in [6.07, 6.45) is 4.25. The van der Waals surface area contributed by atoms with Crippen LogP contribution in [-0.2, 0) is 19.4 Å². The van der Waals surface area contributed by atoms with Gasteiger partial charge in [-0.05, 0) is 48.9 Å². The molecule has 25 heavy (non-hydrogen) atoms. The number of aryl methyl sites for hydroxylation is 3. The third-order valence-corrected chi connectivity index (χ3v) is 5.03. The molecule has 1 aliphatic carbocycles. The van der Waals surface area contributed by atoms with E-state index in [1.54, 1.807) is 6.07 Å². The molecule has 0 fully saturated rings. The van der Waals surface area contributed by atoms with Gasteiger partial charge in [-0.2, -0.15) is 5.10 Å². The van der Waals surface area contributed by atoms with Crippen molar-refractivity contribution in [1.29, 1.82) is 0 Å². The van der Waals surface area contributed by atoms with E-state index >= 15 is 0 Å². The maximum atomic E-state index is 13.5. The third kappa shape index (κ3) is 3.10. The Morgan fingerprint density at radius 3 is 3.00 bits per heavy atom. The van der Waals surface area contributed by atoms with Crippen LogP contribution in [0.1, 0.15) is 61.0 Å². The van der Waals surface area contributed by atoms with E-state index < -0.39 is 0 Å². The largest absolute Gasteiger partial charge is 0.331 e. The van der Waals surface area contributed by atoms with E-state index in [0.717, 1.165) is 61.4 Å². The summed E-state index contributed by atoms with van der Waals surface area (Å²) in [4.78, 5) is 17.0. The van der Waals surface area contributed by atoms with Gasteiger partial charge >= 0.3 is 6.03 Å². The molecular weight excluding hydrogens is 321 g/mol. The molecule has 2 atom stereocenters. The smallest absolute Gasteiger partial charge is 0.315 e. The number of urea groups is 1. The highest BCUT2D eigenvalue weighted by Gasteiger charge is 2.28. The number of hydrogen-bond acceptors (Lipinski definition) is 3. The summed E-state index contributed by atoms with van der Waals surface area (Å²) in [5, 5.41) is 10.5. The van der Waals surface area contributed by atoms with E-state index in [2.05, 4.69) is 20.7 Å². The minimum atomic E-state index is -0.264. The van der Waals surface area contributed by atoms with Gasteiger partial charge in [0.2, 0.25) is 0 Å². The average Bonchev–Trinajstić information content (AvgIpc) is 3.19. The Labute approximate surface area is 145 Å². The van der Waals surface area contributed by atoms with E-state index in [9.17, 15) is 9.18 Å². The van der Waals surface area contributed by atoms with Crippen molar-refractivity contribution in [3.8, 4) is 0 Å². The zero-order valence-corrected chi connectivity index (χ0v) is 14.3. The highest BCUT2D eigenvalue weighted by molar-refractivity contribution is 5.75. The van der Waals surface area contributed by atoms with Crippen LogP contribution in [0, 0.1) is 5.82 Å². The first-order valence-corrected chi connectivity index (χ1v) is 8.93. The minimum Gasteiger partial charge on any atom is -0.331 e. The van der Waals surface area contributed by atoms with E-state index in [1.165, 1.54) is 12.1 Å². The number of aromatic nitrogens is 3. The van der Waals surface area contributed by atoms with Crippen LogP contribution in [-0.4, -0.2) is 20.8 Å². The second-order valence-corrected chi connectivity index (χ2v) is 6.71. The van der Waals surface area contributed by atoms with E-state index in [1.807, 2.05) is 11.6 Å². The van der Waals surface area contributed by atoms with Gasteiger partial charge in [0.05, 0.1) is 12.1 Å². The van der Waals surface area contributed by atoms with Crippen LogP contribution in [0.2, 0.25) is 0 Å². The van der Waals surface area contributed by atoms with Crippen molar-refractivity contribution in [2.75, 3.05) is 0 Å². The number of halogens is 1. The fourth-order valence-corrected chi connectivity index (χ4v) is 3.77. The lowest BCUT2D eigenvalue weighted by atomic mass is 10.1. The highest BCUT2D eigenvalue weighted by Crippen LogP contribution is 2.31. The minimum absolute atomic E-state index is 0.130. The summed E-state index contributed by atoms with van der Waals surface area (Å²) in [6.45, 7) is 2.87. The van der Waals surface area contributed by atoms with E-state index in [-0.39, 0.29) is 23.9 Å². The van der Waals surface area contributed by atoms with Crippen molar-refractivity contribution >= 4 is 6.03 Å². The van der Waals surface area contributed by atoms with Gasteiger partial charge in [0.15, 0.2) is 5.82 Å². The molecule has 7 heteroatoms. The van der Waals surface area contributed by atoms with Gasteiger partial charge in [-0.25, -0.2) is 18.9 Å².